The average molecular weight is 227 g/mol. The smallest absolute Gasteiger partial charge is 0.350 e. The molecule has 0 aliphatic heterocycles. The summed E-state index contributed by atoms with van der Waals surface area (Å²) in [7, 11) is 1.32. The number of hydrogen-bond donors (Lipinski definition) is 1. The fourth-order valence-corrected chi connectivity index (χ4v) is 1.99. The van der Waals surface area contributed by atoms with Crippen LogP contribution in [0.5, 0.6) is 0 Å². The Morgan fingerprint density at radius 1 is 1.53 bits per heavy atom. The molecule has 0 radical (unpaired) electrons. The topological polar surface area (TPSA) is 55.4 Å². The third-order valence-electron chi connectivity index (χ3n) is 1.93. The minimum Gasteiger partial charge on any atom is -0.465 e. The maximum atomic E-state index is 11.4. The van der Waals surface area contributed by atoms with E-state index in [2.05, 4.69) is 10.1 Å². The zero-order valence-electron chi connectivity index (χ0n) is 8.92. The van der Waals surface area contributed by atoms with E-state index in [1.807, 2.05) is 12.3 Å². The second-order valence-corrected chi connectivity index (χ2v) is 3.90. The summed E-state index contributed by atoms with van der Waals surface area (Å²) in [4.78, 5) is 23.0. The van der Waals surface area contributed by atoms with Gasteiger partial charge in [-0.05, 0) is 17.9 Å². The summed E-state index contributed by atoms with van der Waals surface area (Å²) in [5, 5.41) is 4.51. The minimum absolute atomic E-state index is 0.110. The van der Waals surface area contributed by atoms with Crippen molar-refractivity contribution in [2.45, 2.75) is 20.3 Å². The largest absolute Gasteiger partial charge is 0.465 e. The van der Waals surface area contributed by atoms with E-state index in [1.54, 1.807) is 6.92 Å². The third-order valence-corrected chi connectivity index (χ3v) is 3.01. The molecule has 1 aromatic heterocycles. The molecule has 5 heteroatoms. The molecule has 4 nitrogen and oxygen atoms in total. The van der Waals surface area contributed by atoms with Gasteiger partial charge in [-0.15, -0.1) is 11.3 Å². The summed E-state index contributed by atoms with van der Waals surface area (Å²) in [6.45, 7) is 3.60. The molecule has 15 heavy (non-hydrogen) atoms. The van der Waals surface area contributed by atoms with Crippen molar-refractivity contribution in [1.29, 1.82) is 0 Å². The van der Waals surface area contributed by atoms with Gasteiger partial charge in [0.1, 0.15) is 4.88 Å². The molecule has 1 aromatic rings. The molecule has 0 unspecified atom stereocenters. The Morgan fingerprint density at radius 3 is 2.73 bits per heavy atom. The summed E-state index contributed by atoms with van der Waals surface area (Å²) in [5.41, 5.74) is 1.45. The first-order chi connectivity index (χ1) is 7.10. The lowest BCUT2D eigenvalue weighted by molar-refractivity contribution is -0.115. The molecule has 1 N–H and O–H groups in total. The lowest BCUT2D eigenvalue weighted by atomic mass is 10.2. The number of anilines is 1. The molecule has 0 aliphatic rings. The van der Waals surface area contributed by atoms with Gasteiger partial charge < -0.3 is 10.1 Å². The van der Waals surface area contributed by atoms with Crippen LogP contribution in [0.1, 0.15) is 28.6 Å². The summed E-state index contributed by atoms with van der Waals surface area (Å²) >= 11 is 1.27. The predicted octanol–water partition coefficient (Wildman–Crippen LogP) is 2.19. The molecule has 0 saturated carbocycles. The number of esters is 1. The van der Waals surface area contributed by atoms with Crippen molar-refractivity contribution in [3.05, 3.63) is 15.8 Å². The van der Waals surface area contributed by atoms with Crippen LogP contribution in [0.2, 0.25) is 0 Å². The minimum atomic E-state index is -0.417. The van der Waals surface area contributed by atoms with Crippen LogP contribution in [0.3, 0.4) is 0 Å². The Bertz CT molecular complexity index is 384. The number of ether oxygens (including phenoxy) is 1. The van der Waals surface area contributed by atoms with E-state index in [0.29, 0.717) is 17.0 Å². The number of nitrogens with one attached hydrogen (secondary N) is 1. The number of amides is 1. The molecule has 1 rings (SSSR count). The van der Waals surface area contributed by atoms with E-state index in [1.165, 1.54) is 18.4 Å². The van der Waals surface area contributed by atoms with Crippen molar-refractivity contribution in [2.24, 2.45) is 0 Å². The second-order valence-electron chi connectivity index (χ2n) is 3.02. The van der Waals surface area contributed by atoms with Gasteiger partial charge in [0, 0.05) is 6.42 Å². The highest BCUT2D eigenvalue weighted by atomic mass is 32.1. The molecule has 0 aromatic carbocycles. The molecule has 0 fully saturated rings. The molecule has 1 amide bonds. The van der Waals surface area contributed by atoms with Crippen molar-refractivity contribution in [3.63, 3.8) is 0 Å². The second kappa shape index (κ2) is 4.93. The van der Waals surface area contributed by atoms with Gasteiger partial charge >= 0.3 is 5.97 Å². The number of rotatable bonds is 3. The molecule has 1 heterocycles. The summed E-state index contributed by atoms with van der Waals surface area (Å²) < 4.78 is 4.63. The zero-order chi connectivity index (χ0) is 11.4. The quantitative estimate of drug-likeness (QED) is 0.805. The Labute approximate surface area is 92.2 Å². The van der Waals surface area contributed by atoms with Crippen LogP contribution < -0.4 is 5.32 Å². The number of carbonyl (C=O) groups excluding carboxylic acids is 2. The van der Waals surface area contributed by atoms with Gasteiger partial charge in [-0.3, -0.25) is 4.79 Å². The van der Waals surface area contributed by atoms with Gasteiger partial charge in [0.2, 0.25) is 5.91 Å². The van der Waals surface area contributed by atoms with E-state index in [4.69, 9.17) is 0 Å². The highest BCUT2D eigenvalue weighted by Crippen LogP contribution is 2.28. The lowest BCUT2D eigenvalue weighted by Crippen LogP contribution is -2.13. The fraction of sp³-hybridized carbons (Fsp3) is 0.400. The van der Waals surface area contributed by atoms with E-state index in [9.17, 15) is 9.59 Å². The first-order valence-corrected chi connectivity index (χ1v) is 5.44. The van der Waals surface area contributed by atoms with E-state index in [-0.39, 0.29) is 5.91 Å². The molecular weight excluding hydrogens is 214 g/mol. The highest BCUT2D eigenvalue weighted by molar-refractivity contribution is 7.12. The SMILES string of the molecule is CCC(=O)Nc1c(C)csc1C(=O)OC. The van der Waals surface area contributed by atoms with Crippen LogP contribution in [0.4, 0.5) is 5.69 Å². The Balaban J connectivity index is 2.99. The summed E-state index contributed by atoms with van der Waals surface area (Å²) in [5.74, 6) is -0.527. The average Bonchev–Trinajstić information content (AvgIpc) is 2.59. The molecule has 0 aliphatic carbocycles. The van der Waals surface area contributed by atoms with E-state index < -0.39 is 5.97 Å². The molecule has 82 valence electrons. The summed E-state index contributed by atoms with van der Waals surface area (Å²) in [6.07, 6.45) is 0.385. The number of hydrogen-bond acceptors (Lipinski definition) is 4. The summed E-state index contributed by atoms with van der Waals surface area (Å²) in [6, 6.07) is 0. The number of carbonyl (C=O) groups is 2. The standard InChI is InChI=1S/C10H13NO3S/c1-4-7(12)11-8-6(2)5-15-9(8)10(13)14-3/h5H,4H2,1-3H3,(H,11,12). The predicted molar refractivity (Wildman–Crippen MR) is 59.3 cm³/mol. The maximum Gasteiger partial charge on any atom is 0.350 e. The van der Waals surface area contributed by atoms with Crippen LogP contribution in [0, 0.1) is 6.92 Å². The molecule has 0 saturated heterocycles. The van der Waals surface area contributed by atoms with E-state index in [0.717, 1.165) is 5.56 Å². The van der Waals surface area contributed by atoms with Gasteiger partial charge in [-0.25, -0.2) is 4.79 Å². The van der Waals surface area contributed by atoms with Crippen LogP contribution in [-0.2, 0) is 9.53 Å². The van der Waals surface area contributed by atoms with Crippen molar-refractivity contribution < 1.29 is 14.3 Å². The first kappa shape index (κ1) is 11.7. The van der Waals surface area contributed by atoms with Gasteiger partial charge in [0.05, 0.1) is 12.8 Å². The lowest BCUT2D eigenvalue weighted by Gasteiger charge is -2.05. The normalized spacial score (nSPS) is 9.80. The van der Waals surface area contributed by atoms with Crippen molar-refractivity contribution in [3.8, 4) is 0 Å². The Kier molecular flexibility index (Phi) is 3.85. The Morgan fingerprint density at radius 2 is 2.20 bits per heavy atom. The van der Waals surface area contributed by atoms with E-state index >= 15 is 0 Å². The number of thiophene rings is 1. The van der Waals surface area contributed by atoms with Crippen LogP contribution in [0.25, 0.3) is 0 Å². The van der Waals surface area contributed by atoms with Gasteiger partial charge in [-0.1, -0.05) is 6.92 Å². The third kappa shape index (κ3) is 2.56. The van der Waals surface area contributed by atoms with Crippen molar-refractivity contribution in [1.82, 2.24) is 0 Å². The maximum absolute atomic E-state index is 11.4. The van der Waals surface area contributed by atoms with Crippen molar-refractivity contribution in [2.75, 3.05) is 12.4 Å². The zero-order valence-corrected chi connectivity index (χ0v) is 9.73. The fourth-order valence-electron chi connectivity index (χ4n) is 1.07. The van der Waals surface area contributed by atoms with Crippen molar-refractivity contribution >= 4 is 28.9 Å². The van der Waals surface area contributed by atoms with Gasteiger partial charge in [-0.2, -0.15) is 0 Å². The highest BCUT2D eigenvalue weighted by Gasteiger charge is 2.17. The molecule has 0 bridgehead atoms. The monoisotopic (exact) mass is 227 g/mol. The molecule has 0 atom stereocenters. The molecule has 0 spiro atoms. The van der Waals surface area contributed by atoms with Crippen LogP contribution >= 0.6 is 11.3 Å². The molecular formula is C10H13NO3S. The number of aryl methyl sites for hydroxylation is 1. The first-order valence-electron chi connectivity index (χ1n) is 4.56. The Hall–Kier alpha value is -1.36. The van der Waals surface area contributed by atoms with Crippen LogP contribution in [-0.4, -0.2) is 19.0 Å². The number of methoxy groups -OCH3 is 1. The van der Waals surface area contributed by atoms with Gasteiger partial charge in [0.25, 0.3) is 0 Å². The van der Waals surface area contributed by atoms with Gasteiger partial charge in [0.15, 0.2) is 0 Å². The van der Waals surface area contributed by atoms with Crippen LogP contribution in [0.15, 0.2) is 5.38 Å².